The number of hydrogen-bond acceptors (Lipinski definition) is 3. The van der Waals surface area contributed by atoms with E-state index < -0.39 is 5.41 Å². The Kier molecular flexibility index (Phi) is 3.04. The second-order valence-corrected chi connectivity index (χ2v) is 7.55. The van der Waals surface area contributed by atoms with Gasteiger partial charge >= 0.3 is 0 Å². The van der Waals surface area contributed by atoms with Crippen LogP contribution in [0.25, 0.3) is 0 Å². The smallest absolute Gasteiger partial charge is 0.241 e. The van der Waals surface area contributed by atoms with Crippen LogP contribution in [0.3, 0.4) is 0 Å². The minimum absolute atomic E-state index is 0.0180. The molecule has 4 rings (SSSR count). The number of hydrogen-bond donors (Lipinski definition) is 1. The van der Waals surface area contributed by atoms with Crippen molar-refractivity contribution in [1.29, 1.82) is 5.26 Å². The summed E-state index contributed by atoms with van der Waals surface area (Å²) < 4.78 is 5.77. The van der Waals surface area contributed by atoms with Crippen molar-refractivity contribution in [1.82, 2.24) is 5.32 Å². The second kappa shape index (κ2) is 4.71. The number of nitrogens with zero attached hydrogens (tertiary/aromatic N) is 1. The first-order chi connectivity index (χ1) is 10.2. The summed E-state index contributed by atoms with van der Waals surface area (Å²) in [5.74, 6) is 0.487. The highest BCUT2D eigenvalue weighted by molar-refractivity contribution is 5.90. The lowest BCUT2D eigenvalue weighted by Gasteiger charge is -2.34. The highest BCUT2D eigenvalue weighted by atomic mass is 16.5. The monoisotopic (exact) mass is 288 g/mol. The maximum Gasteiger partial charge on any atom is 0.241 e. The summed E-state index contributed by atoms with van der Waals surface area (Å²) in [6.07, 6.45) is 9.96. The standard InChI is InChI=1S/C17H24N2O2/c18-11-17(10-16(17)7-1-2-8-16)15(20)19-13-4-3-5-14-12(13)6-9-21-14/h12-14H,1-10H2,(H,19,20)/t12-,13+,14-,17-/m0/s1. The third-order valence-electron chi connectivity index (χ3n) is 6.62. The molecule has 1 amide bonds. The summed E-state index contributed by atoms with van der Waals surface area (Å²) in [6, 6.07) is 2.62. The molecule has 4 heteroatoms. The molecule has 1 saturated heterocycles. The van der Waals surface area contributed by atoms with E-state index in [4.69, 9.17) is 4.74 Å². The Hall–Kier alpha value is -1.08. The Morgan fingerprint density at radius 1 is 1.19 bits per heavy atom. The van der Waals surface area contributed by atoms with Crippen LogP contribution in [0, 0.1) is 28.1 Å². The van der Waals surface area contributed by atoms with E-state index in [-0.39, 0.29) is 17.4 Å². The van der Waals surface area contributed by atoms with Crippen LogP contribution in [0.1, 0.15) is 57.8 Å². The van der Waals surface area contributed by atoms with Gasteiger partial charge in [-0.3, -0.25) is 4.79 Å². The normalized spacial score (nSPS) is 43.3. The lowest BCUT2D eigenvalue weighted by molar-refractivity contribution is -0.127. The number of amides is 1. The molecule has 1 N–H and O–H groups in total. The van der Waals surface area contributed by atoms with Gasteiger partial charge in [0.05, 0.1) is 12.2 Å². The molecule has 1 spiro atoms. The molecule has 0 aromatic rings. The quantitative estimate of drug-likeness (QED) is 0.849. The van der Waals surface area contributed by atoms with E-state index in [1.54, 1.807) is 0 Å². The number of fused-ring (bicyclic) bond motifs is 1. The fraction of sp³-hybridized carbons (Fsp3) is 0.882. The van der Waals surface area contributed by atoms with Gasteiger partial charge in [-0.05, 0) is 44.9 Å². The van der Waals surface area contributed by atoms with Gasteiger partial charge in [-0.15, -0.1) is 0 Å². The van der Waals surface area contributed by atoms with Crippen LogP contribution < -0.4 is 5.32 Å². The van der Waals surface area contributed by atoms with Gasteiger partial charge in [0.2, 0.25) is 5.91 Å². The van der Waals surface area contributed by atoms with Crippen molar-refractivity contribution in [2.75, 3.05) is 6.61 Å². The molecule has 21 heavy (non-hydrogen) atoms. The van der Waals surface area contributed by atoms with Crippen LogP contribution in [-0.2, 0) is 9.53 Å². The average Bonchev–Trinajstić information content (AvgIpc) is 2.87. The summed E-state index contributed by atoms with van der Waals surface area (Å²) in [5, 5.41) is 12.9. The molecule has 1 heterocycles. The largest absolute Gasteiger partial charge is 0.378 e. The van der Waals surface area contributed by atoms with Crippen LogP contribution in [0.2, 0.25) is 0 Å². The number of nitriles is 1. The first-order valence-electron chi connectivity index (χ1n) is 8.55. The van der Waals surface area contributed by atoms with E-state index in [1.807, 2.05) is 0 Å². The summed E-state index contributed by atoms with van der Waals surface area (Å²) in [4.78, 5) is 12.8. The molecule has 114 valence electrons. The molecule has 4 atom stereocenters. The molecule has 0 bridgehead atoms. The van der Waals surface area contributed by atoms with Crippen molar-refractivity contribution in [2.45, 2.75) is 69.9 Å². The van der Waals surface area contributed by atoms with Gasteiger partial charge < -0.3 is 10.1 Å². The SMILES string of the molecule is N#C[C@]1(C(=O)N[C@@H]2CCC[C@@H]3OCC[C@H]32)CC12CCCC2. The van der Waals surface area contributed by atoms with Crippen molar-refractivity contribution in [3.05, 3.63) is 0 Å². The third-order valence-corrected chi connectivity index (χ3v) is 6.62. The highest BCUT2D eigenvalue weighted by Crippen LogP contribution is 2.71. The van der Waals surface area contributed by atoms with Gasteiger partial charge in [0.15, 0.2) is 0 Å². The van der Waals surface area contributed by atoms with E-state index in [0.29, 0.717) is 12.0 Å². The Balaban J connectivity index is 1.47. The first-order valence-corrected chi connectivity index (χ1v) is 8.55. The summed E-state index contributed by atoms with van der Waals surface area (Å²) in [7, 11) is 0. The Labute approximate surface area is 126 Å². The minimum Gasteiger partial charge on any atom is -0.378 e. The lowest BCUT2D eigenvalue weighted by atomic mass is 9.81. The van der Waals surface area contributed by atoms with Crippen molar-refractivity contribution >= 4 is 5.91 Å². The fourth-order valence-electron chi connectivity index (χ4n) is 5.30. The van der Waals surface area contributed by atoms with Gasteiger partial charge in [0.1, 0.15) is 5.41 Å². The van der Waals surface area contributed by atoms with E-state index in [9.17, 15) is 10.1 Å². The maximum atomic E-state index is 12.8. The van der Waals surface area contributed by atoms with Crippen LogP contribution in [0.5, 0.6) is 0 Å². The average molecular weight is 288 g/mol. The first kappa shape index (κ1) is 13.6. The van der Waals surface area contributed by atoms with E-state index in [1.165, 1.54) is 12.8 Å². The number of ether oxygens (including phenoxy) is 1. The molecule has 0 aromatic heterocycles. The van der Waals surface area contributed by atoms with Crippen molar-refractivity contribution < 1.29 is 9.53 Å². The Morgan fingerprint density at radius 2 is 2.00 bits per heavy atom. The lowest BCUT2D eigenvalue weighted by Crippen LogP contribution is -2.48. The molecule has 0 unspecified atom stereocenters. The van der Waals surface area contributed by atoms with Crippen LogP contribution >= 0.6 is 0 Å². The minimum atomic E-state index is -0.712. The van der Waals surface area contributed by atoms with E-state index >= 15 is 0 Å². The molecule has 4 fully saturated rings. The topological polar surface area (TPSA) is 62.1 Å². The number of rotatable bonds is 2. The zero-order valence-electron chi connectivity index (χ0n) is 12.6. The molecular formula is C17H24N2O2. The summed E-state index contributed by atoms with van der Waals surface area (Å²) in [6.45, 7) is 0.828. The molecule has 3 saturated carbocycles. The van der Waals surface area contributed by atoms with Crippen LogP contribution in [0.15, 0.2) is 0 Å². The Morgan fingerprint density at radius 3 is 2.76 bits per heavy atom. The van der Waals surface area contributed by atoms with Crippen molar-refractivity contribution in [2.24, 2.45) is 16.7 Å². The molecule has 0 radical (unpaired) electrons. The number of nitrogens with one attached hydrogen (secondary N) is 1. The molecule has 4 aliphatic rings. The molecule has 1 aliphatic heterocycles. The van der Waals surface area contributed by atoms with Gasteiger partial charge in [-0.1, -0.05) is 12.8 Å². The molecular weight excluding hydrogens is 264 g/mol. The van der Waals surface area contributed by atoms with E-state index in [0.717, 1.165) is 51.6 Å². The van der Waals surface area contributed by atoms with Crippen LogP contribution in [0.4, 0.5) is 0 Å². The van der Waals surface area contributed by atoms with E-state index in [2.05, 4.69) is 11.4 Å². The zero-order valence-corrected chi connectivity index (χ0v) is 12.6. The Bertz CT molecular complexity index is 492. The zero-order chi connectivity index (χ0) is 14.5. The number of carbonyl (C=O) groups is 1. The van der Waals surface area contributed by atoms with Crippen molar-refractivity contribution in [3.8, 4) is 6.07 Å². The summed E-state index contributed by atoms with van der Waals surface area (Å²) in [5.41, 5.74) is -0.692. The molecule has 4 nitrogen and oxygen atoms in total. The maximum absolute atomic E-state index is 12.8. The van der Waals surface area contributed by atoms with Gasteiger partial charge in [-0.2, -0.15) is 5.26 Å². The highest BCUT2D eigenvalue weighted by Gasteiger charge is 2.73. The second-order valence-electron chi connectivity index (χ2n) is 7.55. The molecule has 3 aliphatic carbocycles. The predicted octanol–water partition coefficient (Wildman–Crippen LogP) is 2.53. The number of carbonyl (C=O) groups excluding carboxylic acids is 1. The van der Waals surface area contributed by atoms with Gasteiger partial charge in [-0.25, -0.2) is 0 Å². The predicted molar refractivity (Wildman–Crippen MR) is 77.2 cm³/mol. The third kappa shape index (κ3) is 1.86. The fourth-order valence-corrected chi connectivity index (χ4v) is 5.30. The summed E-state index contributed by atoms with van der Waals surface area (Å²) >= 11 is 0. The van der Waals surface area contributed by atoms with Crippen LogP contribution in [-0.4, -0.2) is 24.7 Å². The van der Waals surface area contributed by atoms with Gasteiger partial charge in [0, 0.05) is 24.0 Å². The molecule has 0 aromatic carbocycles. The van der Waals surface area contributed by atoms with Crippen molar-refractivity contribution in [3.63, 3.8) is 0 Å². The van der Waals surface area contributed by atoms with Gasteiger partial charge in [0.25, 0.3) is 0 Å².